The number of anilines is 1. The lowest BCUT2D eigenvalue weighted by atomic mass is 10.2. The Bertz CT molecular complexity index is 637. The Kier molecular flexibility index (Phi) is 4.87. The zero-order chi connectivity index (χ0) is 14.5. The van der Waals surface area contributed by atoms with E-state index in [-0.39, 0.29) is 5.91 Å². The summed E-state index contributed by atoms with van der Waals surface area (Å²) in [5, 5.41) is 12.6. The number of carbonyl (C=O) groups excluding carboxylic acids is 1. The van der Waals surface area contributed by atoms with Crippen LogP contribution in [-0.4, -0.2) is 16.1 Å². The van der Waals surface area contributed by atoms with E-state index < -0.39 is 0 Å². The minimum absolute atomic E-state index is 0.253. The first kappa shape index (κ1) is 14.7. The molecule has 0 saturated heterocycles. The van der Waals surface area contributed by atoms with Crippen molar-refractivity contribution in [1.82, 2.24) is 10.2 Å². The van der Waals surface area contributed by atoms with E-state index in [1.807, 2.05) is 32.0 Å². The number of hydrogen-bond donors (Lipinski definition) is 1. The van der Waals surface area contributed by atoms with Crippen LogP contribution in [0.3, 0.4) is 0 Å². The second-order valence-electron chi connectivity index (χ2n) is 4.44. The molecule has 0 aliphatic heterocycles. The third-order valence-corrected chi connectivity index (χ3v) is 3.97. The van der Waals surface area contributed by atoms with Crippen molar-refractivity contribution in [3.63, 3.8) is 0 Å². The van der Waals surface area contributed by atoms with Crippen LogP contribution < -0.4 is 5.32 Å². The highest BCUT2D eigenvalue weighted by atomic mass is 35.5. The maximum absolute atomic E-state index is 11.8. The molecule has 0 fully saturated rings. The SMILES string of the molecule is CC(C)c1nnc(NC(=O)/C=C/c2ccccc2Cl)s1. The molecular weight excluding hydrogens is 294 g/mol. The molecule has 4 nitrogen and oxygen atoms in total. The van der Waals surface area contributed by atoms with E-state index in [1.54, 1.807) is 12.1 Å². The van der Waals surface area contributed by atoms with Gasteiger partial charge < -0.3 is 0 Å². The van der Waals surface area contributed by atoms with E-state index in [4.69, 9.17) is 11.6 Å². The summed E-state index contributed by atoms with van der Waals surface area (Å²) in [6, 6.07) is 7.32. The zero-order valence-electron chi connectivity index (χ0n) is 11.1. The van der Waals surface area contributed by atoms with Crippen molar-refractivity contribution in [3.8, 4) is 0 Å². The fourth-order valence-corrected chi connectivity index (χ4v) is 2.39. The van der Waals surface area contributed by atoms with Crippen LogP contribution in [0.2, 0.25) is 5.02 Å². The van der Waals surface area contributed by atoms with Crippen molar-refractivity contribution in [2.45, 2.75) is 19.8 Å². The quantitative estimate of drug-likeness (QED) is 0.870. The molecule has 6 heteroatoms. The molecule has 0 aliphatic rings. The molecule has 0 bridgehead atoms. The summed E-state index contributed by atoms with van der Waals surface area (Å²) in [6.07, 6.45) is 3.10. The molecule has 1 amide bonds. The van der Waals surface area contributed by atoms with Crippen LogP contribution >= 0.6 is 22.9 Å². The highest BCUT2D eigenvalue weighted by Crippen LogP contribution is 2.22. The number of hydrogen-bond acceptors (Lipinski definition) is 4. The predicted octanol–water partition coefficient (Wildman–Crippen LogP) is 3.97. The van der Waals surface area contributed by atoms with E-state index >= 15 is 0 Å². The molecule has 0 atom stereocenters. The summed E-state index contributed by atoms with van der Waals surface area (Å²) in [4.78, 5) is 11.8. The molecule has 2 rings (SSSR count). The molecule has 1 aromatic heterocycles. The normalized spacial score (nSPS) is 11.2. The summed E-state index contributed by atoms with van der Waals surface area (Å²) in [6.45, 7) is 4.06. The lowest BCUT2D eigenvalue weighted by Crippen LogP contribution is -2.07. The second kappa shape index (κ2) is 6.63. The number of aromatic nitrogens is 2. The molecule has 2 aromatic rings. The Hall–Kier alpha value is -1.72. The summed E-state index contributed by atoms with van der Waals surface area (Å²) in [7, 11) is 0. The standard InChI is InChI=1S/C14H14ClN3OS/c1-9(2)13-17-18-14(20-13)16-12(19)8-7-10-5-3-4-6-11(10)15/h3-9H,1-2H3,(H,16,18,19)/b8-7+. The van der Waals surface area contributed by atoms with Gasteiger partial charge in [0.15, 0.2) is 0 Å². The number of rotatable bonds is 4. The zero-order valence-corrected chi connectivity index (χ0v) is 12.7. The van der Waals surface area contributed by atoms with Gasteiger partial charge >= 0.3 is 0 Å². The highest BCUT2D eigenvalue weighted by Gasteiger charge is 2.08. The lowest BCUT2D eigenvalue weighted by molar-refractivity contribution is -0.111. The van der Waals surface area contributed by atoms with E-state index in [0.29, 0.717) is 16.1 Å². The Morgan fingerprint density at radius 3 is 2.75 bits per heavy atom. The summed E-state index contributed by atoms with van der Waals surface area (Å²) in [5.41, 5.74) is 0.796. The Labute approximate surface area is 126 Å². The highest BCUT2D eigenvalue weighted by molar-refractivity contribution is 7.15. The molecule has 1 heterocycles. The van der Waals surface area contributed by atoms with Crippen molar-refractivity contribution in [1.29, 1.82) is 0 Å². The van der Waals surface area contributed by atoms with E-state index in [9.17, 15) is 4.79 Å². The Balaban J connectivity index is 2.00. The third kappa shape index (κ3) is 3.88. The number of nitrogens with one attached hydrogen (secondary N) is 1. The van der Waals surface area contributed by atoms with Gasteiger partial charge in [-0.15, -0.1) is 10.2 Å². The second-order valence-corrected chi connectivity index (χ2v) is 5.86. The average Bonchev–Trinajstić information content (AvgIpc) is 2.86. The molecular formula is C14H14ClN3OS. The number of carbonyl (C=O) groups is 1. The van der Waals surface area contributed by atoms with Crippen LogP contribution in [-0.2, 0) is 4.79 Å². The van der Waals surface area contributed by atoms with Gasteiger partial charge in [0.05, 0.1) is 0 Å². The van der Waals surface area contributed by atoms with Crippen molar-refractivity contribution in [2.24, 2.45) is 0 Å². The van der Waals surface area contributed by atoms with Gasteiger partial charge in [0.25, 0.3) is 0 Å². The molecule has 1 N–H and O–H groups in total. The van der Waals surface area contributed by atoms with Gasteiger partial charge in [0.2, 0.25) is 11.0 Å². The van der Waals surface area contributed by atoms with Crippen molar-refractivity contribution >= 4 is 40.1 Å². The van der Waals surface area contributed by atoms with Crippen molar-refractivity contribution in [2.75, 3.05) is 5.32 Å². The summed E-state index contributed by atoms with van der Waals surface area (Å²) in [5.74, 6) is 0.0493. The summed E-state index contributed by atoms with van der Waals surface area (Å²) < 4.78 is 0. The molecule has 0 spiro atoms. The Morgan fingerprint density at radius 2 is 2.10 bits per heavy atom. The van der Waals surface area contributed by atoms with Gasteiger partial charge in [-0.05, 0) is 17.7 Å². The minimum Gasteiger partial charge on any atom is -0.297 e. The predicted molar refractivity (Wildman–Crippen MR) is 83.1 cm³/mol. The molecule has 0 saturated carbocycles. The van der Waals surface area contributed by atoms with Gasteiger partial charge in [-0.1, -0.05) is 55.0 Å². The van der Waals surface area contributed by atoms with Gasteiger partial charge in [-0.2, -0.15) is 0 Å². The van der Waals surface area contributed by atoms with Crippen LogP contribution in [0.1, 0.15) is 30.3 Å². The van der Waals surface area contributed by atoms with Crippen molar-refractivity contribution in [3.05, 3.63) is 45.9 Å². The first-order valence-corrected chi connectivity index (χ1v) is 7.32. The molecule has 0 aliphatic carbocycles. The fourth-order valence-electron chi connectivity index (χ4n) is 1.44. The maximum atomic E-state index is 11.8. The first-order valence-electron chi connectivity index (χ1n) is 6.13. The van der Waals surface area contributed by atoms with E-state index in [0.717, 1.165) is 10.6 Å². The molecule has 0 radical (unpaired) electrons. The van der Waals surface area contributed by atoms with Gasteiger partial charge in [0.1, 0.15) is 5.01 Å². The third-order valence-electron chi connectivity index (χ3n) is 2.48. The van der Waals surface area contributed by atoms with Gasteiger partial charge in [0, 0.05) is 17.0 Å². The Morgan fingerprint density at radius 1 is 1.35 bits per heavy atom. The van der Waals surface area contributed by atoms with Crippen molar-refractivity contribution < 1.29 is 4.79 Å². The van der Waals surface area contributed by atoms with Crippen LogP contribution in [0.5, 0.6) is 0 Å². The van der Waals surface area contributed by atoms with Gasteiger partial charge in [-0.25, -0.2) is 0 Å². The number of benzene rings is 1. The maximum Gasteiger partial charge on any atom is 0.250 e. The topological polar surface area (TPSA) is 54.9 Å². The molecule has 20 heavy (non-hydrogen) atoms. The largest absolute Gasteiger partial charge is 0.297 e. The molecule has 1 aromatic carbocycles. The number of halogens is 1. The lowest BCUT2D eigenvalue weighted by Gasteiger charge is -1.97. The fraction of sp³-hybridized carbons (Fsp3) is 0.214. The van der Waals surface area contributed by atoms with Gasteiger partial charge in [-0.3, -0.25) is 10.1 Å². The molecule has 104 valence electrons. The summed E-state index contributed by atoms with van der Waals surface area (Å²) >= 11 is 7.38. The number of amides is 1. The average molecular weight is 308 g/mol. The first-order chi connectivity index (χ1) is 9.56. The van der Waals surface area contributed by atoms with Crippen LogP contribution in [0.25, 0.3) is 6.08 Å². The van der Waals surface area contributed by atoms with E-state index in [2.05, 4.69) is 15.5 Å². The minimum atomic E-state index is -0.253. The molecule has 0 unspecified atom stereocenters. The smallest absolute Gasteiger partial charge is 0.250 e. The number of nitrogens with zero attached hydrogens (tertiary/aromatic N) is 2. The van der Waals surface area contributed by atoms with E-state index in [1.165, 1.54) is 17.4 Å². The van der Waals surface area contributed by atoms with Crippen LogP contribution in [0, 0.1) is 0 Å². The van der Waals surface area contributed by atoms with Crippen LogP contribution in [0.4, 0.5) is 5.13 Å². The monoisotopic (exact) mass is 307 g/mol. The van der Waals surface area contributed by atoms with Crippen LogP contribution in [0.15, 0.2) is 30.3 Å².